The van der Waals surface area contributed by atoms with Crippen molar-refractivity contribution in [1.29, 1.82) is 0 Å². The zero-order valence-electron chi connectivity index (χ0n) is 12.8. The van der Waals surface area contributed by atoms with Crippen molar-refractivity contribution in [1.82, 2.24) is 14.7 Å². The zero-order chi connectivity index (χ0) is 16.8. The molecule has 0 saturated carbocycles. The smallest absolute Gasteiger partial charge is 0.262 e. The van der Waals surface area contributed by atoms with Gasteiger partial charge in [0.25, 0.3) is 5.91 Å². The van der Waals surface area contributed by atoms with Crippen LogP contribution in [0.25, 0.3) is 0 Å². The molecule has 0 fully saturated rings. The molecular weight excluding hydrogens is 303 g/mol. The van der Waals surface area contributed by atoms with Crippen molar-refractivity contribution in [3.63, 3.8) is 0 Å². The summed E-state index contributed by atoms with van der Waals surface area (Å²) in [4.78, 5) is 24.8. The molecular formula is C15H17FN4O3. The van der Waals surface area contributed by atoms with Crippen LogP contribution in [0.5, 0.6) is 5.75 Å². The van der Waals surface area contributed by atoms with Gasteiger partial charge in [-0.3, -0.25) is 14.3 Å². The van der Waals surface area contributed by atoms with Gasteiger partial charge in [-0.1, -0.05) is 12.1 Å². The Morgan fingerprint density at radius 1 is 1.35 bits per heavy atom. The first-order valence-electron chi connectivity index (χ1n) is 6.85. The minimum atomic E-state index is -0.532. The van der Waals surface area contributed by atoms with Gasteiger partial charge in [0.05, 0.1) is 11.9 Å². The van der Waals surface area contributed by atoms with Gasteiger partial charge in [0.2, 0.25) is 5.91 Å². The fourth-order valence-corrected chi connectivity index (χ4v) is 1.70. The van der Waals surface area contributed by atoms with Crippen LogP contribution in [-0.4, -0.2) is 47.2 Å². The Kier molecular flexibility index (Phi) is 5.29. The SMILES string of the molecule is CN(C)C(=O)Cn1cc(NC(=O)COc2ccccc2F)cn1. The number of hydrogen-bond acceptors (Lipinski definition) is 4. The van der Waals surface area contributed by atoms with Crippen LogP contribution in [0.3, 0.4) is 0 Å². The summed E-state index contributed by atoms with van der Waals surface area (Å²) in [5, 5.41) is 6.54. The van der Waals surface area contributed by atoms with Gasteiger partial charge in [-0.25, -0.2) is 4.39 Å². The number of carbonyl (C=O) groups is 2. The summed E-state index contributed by atoms with van der Waals surface area (Å²) in [6.07, 6.45) is 2.95. The van der Waals surface area contributed by atoms with E-state index in [1.807, 2.05) is 0 Å². The molecule has 1 aromatic carbocycles. The molecule has 0 aliphatic carbocycles. The molecule has 2 aromatic rings. The molecule has 1 heterocycles. The van der Waals surface area contributed by atoms with E-state index in [9.17, 15) is 14.0 Å². The quantitative estimate of drug-likeness (QED) is 0.865. The van der Waals surface area contributed by atoms with Crippen LogP contribution in [0, 0.1) is 5.82 Å². The second kappa shape index (κ2) is 7.39. The number of hydrogen-bond donors (Lipinski definition) is 1. The molecule has 2 rings (SSSR count). The monoisotopic (exact) mass is 320 g/mol. The first-order chi connectivity index (χ1) is 11.0. The van der Waals surface area contributed by atoms with Crippen LogP contribution >= 0.6 is 0 Å². The third-order valence-electron chi connectivity index (χ3n) is 2.91. The van der Waals surface area contributed by atoms with Crippen molar-refractivity contribution >= 4 is 17.5 Å². The summed E-state index contributed by atoms with van der Waals surface area (Å²) in [6.45, 7) is -0.253. The van der Waals surface area contributed by atoms with Crippen LogP contribution in [-0.2, 0) is 16.1 Å². The lowest BCUT2D eigenvalue weighted by molar-refractivity contribution is -0.129. The van der Waals surface area contributed by atoms with Gasteiger partial charge in [0, 0.05) is 20.3 Å². The fraction of sp³-hybridized carbons (Fsp3) is 0.267. The molecule has 0 unspecified atom stereocenters. The average Bonchev–Trinajstić information content (AvgIpc) is 2.93. The van der Waals surface area contributed by atoms with E-state index < -0.39 is 11.7 Å². The van der Waals surface area contributed by atoms with Crippen molar-refractivity contribution in [2.24, 2.45) is 0 Å². The molecule has 23 heavy (non-hydrogen) atoms. The molecule has 0 radical (unpaired) electrons. The Labute approximate surface area is 132 Å². The molecule has 0 aliphatic heterocycles. The second-order valence-corrected chi connectivity index (χ2v) is 4.98. The lowest BCUT2D eigenvalue weighted by Gasteiger charge is -2.09. The maximum atomic E-state index is 13.4. The topological polar surface area (TPSA) is 76.5 Å². The Morgan fingerprint density at radius 2 is 2.09 bits per heavy atom. The first-order valence-corrected chi connectivity index (χ1v) is 6.85. The minimum Gasteiger partial charge on any atom is -0.481 e. The summed E-state index contributed by atoms with van der Waals surface area (Å²) < 4.78 is 19.9. The Morgan fingerprint density at radius 3 is 2.78 bits per heavy atom. The maximum absolute atomic E-state index is 13.4. The number of para-hydroxylation sites is 1. The van der Waals surface area contributed by atoms with Crippen molar-refractivity contribution in [3.8, 4) is 5.75 Å². The Hall–Kier alpha value is -2.90. The molecule has 2 amide bonds. The highest BCUT2D eigenvalue weighted by atomic mass is 19.1. The van der Waals surface area contributed by atoms with Crippen LogP contribution in [0.1, 0.15) is 0 Å². The number of amides is 2. The first kappa shape index (κ1) is 16.5. The highest BCUT2D eigenvalue weighted by molar-refractivity contribution is 5.91. The third kappa shape index (κ3) is 4.80. The standard InChI is InChI=1S/C15H17FN4O3/c1-19(2)15(22)9-20-8-11(7-17-20)18-14(21)10-23-13-6-4-3-5-12(13)16/h3-8H,9-10H2,1-2H3,(H,18,21). The Bertz CT molecular complexity index is 700. The summed E-state index contributed by atoms with van der Waals surface area (Å²) in [7, 11) is 3.29. The summed E-state index contributed by atoms with van der Waals surface area (Å²) in [5.41, 5.74) is 0.429. The molecule has 8 heteroatoms. The minimum absolute atomic E-state index is 0.00919. The number of likely N-dealkylation sites (N-methyl/N-ethyl adjacent to an activating group) is 1. The van der Waals surface area contributed by atoms with E-state index in [-0.39, 0.29) is 24.8 Å². The number of rotatable bonds is 6. The fourth-order valence-electron chi connectivity index (χ4n) is 1.70. The number of carbonyl (C=O) groups excluding carboxylic acids is 2. The molecule has 7 nitrogen and oxygen atoms in total. The second-order valence-electron chi connectivity index (χ2n) is 4.98. The van der Waals surface area contributed by atoms with E-state index >= 15 is 0 Å². The summed E-state index contributed by atoms with van der Waals surface area (Å²) >= 11 is 0. The molecule has 1 aromatic heterocycles. The maximum Gasteiger partial charge on any atom is 0.262 e. The number of aromatic nitrogens is 2. The van der Waals surface area contributed by atoms with E-state index in [0.717, 1.165) is 0 Å². The highest BCUT2D eigenvalue weighted by Gasteiger charge is 2.10. The molecule has 0 bridgehead atoms. The van der Waals surface area contributed by atoms with Gasteiger partial charge >= 0.3 is 0 Å². The third-order valence-corrected chi connectivity index (χ3v) is 2.91. The lowest BCUT2D eigenvalue weighted by atomic mass is 10.3. The average molecular weight is 320 g/mol. The normalized spacial score (nSPS) is 10.2. The number of benzene rings is 1. The predicted octanol–water partition coefficient (Wildman–Crippen LogP) is 1.13. The van der Waals surface area contributed by atoms with Gasteiger partial charge in [0.1, 0.15) is 6.54 Å². The van der Waals surface area contributed by atoms with Gasteiger partial charge in [0.15, 0.2) is 18.2 Å². The molecule has 0 saturated heterocycles. The van der Waals surface area contributed by atoms with Crippen LogP contribution in [0.15, 0.2) is 36.7 Å². The van der Waals surface area contributed by atoms with Crippen LogP contribution < -0.4 is 10.1 Å². The van der Waals surface area contributed by atoms with E-state index in [1.165, 1.54) is 40.2 Å². The number of halogens is 1. The highest BCUT2D eigenvalue weighted by Crippen LogP contribution is 2.15. The number of nitrogens with one attached hydrogen (secondary N) is 1. The summed E-state index contributed by atoms with van der Waals surface area (Å²) in [6, 6.07) is 5.83. The van der Waals surface area contributed by atoms with Gasteiger partial charge in [-0.15, -0.1) is 0 Å². The Balaban J connectivity index is 1.85. The summed E-state index contributed by atoms with van der Waals surface area (Å²) in [5.74, 6) is -1.09. The van der Waals surface area contributed by atoms with E-state index in [0.29, 0.717) is 5.69 Å². The number of nitrogens with zero attached hydrogens (tertiary/aromatic N) is 3. The molecule has 122 valence electrons. The van der Waals surface area contributed by atoms with Crippen LogP contribution in [0.2, 0.25) is 0 Å². The lowest BCUT2D eigenvalue weighted by Crippen LogP contribution is -2.26. The number of anilines is 1. The van der Waals surface area contributed by atoms with Crippen LogP contribution in [0.4, 0.5) is 10.1 Å². The van der Waals surface area contributed by atoms with Gasteiger partial charge < -0.3 is 15.0 Å². The number of ether oxygens (including phenoxy) is 1. The van der Waals surface area contributed by atoms with Gasteiger partial charge in [-0.2, -0.15) is 5.10 Å². The predicted molar refractivity (Wildman–Crippen MR) is 81.4 cm³/mol. The molecule has 0 aliphatic rings. The molecule has 1 N–H and O–H groups in total. The molecule has 0 atom stereocenters. The molecule has 0 spiro atoms. The van der Waals surface area contributed by atoms with Crippen molar-refractivity contribution in [3.05, 3.63) is 42.5 Å². The van der Waals surface area contributed by atoms with Crippen molar-refractivity contribution in [2.45, 2.75) is 6.54 Å². The van der Waals surface area contributed by atoms with Gasteiger partial charge in [-0.05, 0) is 12.1 Å². The van der Waals surface area contributed by atoms with Crippen molar-refractivity contribution in [2.75, 3.05) is 26.0 Å². The van der Waals surface area contributed by atoms with E-state index in [4.69, 9.17) is 4.74 Å². The van der Waals surface area contributed by atoms with E-state index in [2.05, 4.69) is 10.4 Å². The van der Waals surface area contributed by atoms with E-state index in [1.54, 1.807) is 20.2 Å². The zero-order valence-corrected chi connectivity index (χ0v) is 12.8. The van der Waals surface area contributed by atoms with Crippen molar-refractivity contribution < 1.29 is 18.7 Å². The largest absolute Gasteiger partial charge is 0.481 e.